The quantitative estimate of drug-likeness (QED) is 0.672. The van der Waals surface area contributed by atoms with Gasteiger partial charge in [0.05, 0.1) is 19.6 Å². The van der Waals surface area contributed by atoms with E-state index in [1.54, 1.807) is 17.9 Å². The Bertz CT molecular complexity index is 798. The van der Waals surface area contributed by atoms with Gasteiger partial charge in [0.15, 0.2) is 0 Å². The number of hydrogen-bond acceptors (Lipinski definition) is 6. The van der Waals surface area contributed by atoms with Crippen LogP contribution in [0.1, 0.15) is 30.1 Å². The molecule has 0 aromatic heterocycles. The largest absolute Gasteiger partial charge is 0.495 e. The second-order valence-corrected chi connectivity index (χ2v) is 8.59. The Hall–Kier alpha value is -2.13. The van der Waals surface area contributed by atoms with Crippen molar-refractivity contribution in [3.05, 3.63) is 23.8 Å². The van der Waals surface area contributed by atoms with Gasteiger partial charge in [-0.3, -0.25) is 9.59 Å². The first-order valence-corrected chi connectivity index (χ1v) is 10.2. The van der Waals surface area contributed by atoms with Gasteiger partial charge in [0.1, 0.15) is 10.6 Å². The lowest BCUT2D eigenvalue weighted by Crippen LogP contribution is -2.40. The maximum Gasteiger partial charge on any atom is 0.309 e. The molecule has 1 aromatic rings. The summed E-state index contributed by atoms with van der Waals surface area (Å²) >= 11 is 0. The van der Waals surface area contributed by atoms with Crippen LogP contribution in [-0.2, 0) is 19.6 Å². The summed E-state index contributed by atoms with van der Waals surface area (Å²) < 4.78 is 36.3. The summed E-state index contributed by atoms with van der Waals surface area (Å²) in [7, 11) is 0.464. The Kier molecular flexibility index (Phi) is 6.83. The minimum Gasteiger partial charge on any atom is -0.495 e. The zero-order valence-electron chi connectivity index (χ0n) is 16.1. The summed E-state index contributed by atoms with van der Waals surface area (Å²) in [5.41, 5.74) is 0.269. The fraction of sp³-hybridized carbons (Fsp3) is 0.556. The lowest BCUT2D eigenvalue weighted by Gasteiger charge is -2.31. The minimum atomic E-state index is -3.76. The molecule has 0 radical (unpaired) electrons. The fourth-order valence-corrected chi connectivity index (χ4v) is 4.04. The topological polar surface area (TPSA) is 93.2 Å². The number of nitrogens with zero attached hydrogens (tertiary/aromatic N) is 2. The summed E-state index contributed by atoms with van der Waals surface area (Å²) in [6.45, 7) is 2.95. The number of methoxy groups -OCH3 is 1. The molecule has 0 unspecified atom stereocenters. The predicted molar refractivity (Wildman–Crippen MR) is 99.1 cm³/mol. The van der Waals surface area contributed by atoms with Crippen LogP contribution in [0.5, 0.6) is 5.75 Å². The van der Waals surface area contributed by atoms with Crippen molar-refractivity contribution < 1.29 is 27.5 Å². The molecule has 150 valence electrons. The Morgan fingerprint density at radius 1 is 1.22 bits per heavy atom. The van der Waals surface area contributed by atoms with Crippen LogP contribution in [0.4, 0.5) is 0 Å². The van der Waals surface area contributed by atoms with Gasteiger partial charge >= 0.3 is 5.97 Å². The van der Waals surface area contributed by atoms with E-state index >= 15 is 0 Å². The molecule has 0 N–H and O–H groups in total. The molecule has 1 aliphatic rings. The van der Waals surface area contributed by atoms with E-state index < -0.39 is 10.0 Å². The highest BCUT2D eigenvalue weighted by Crippen LogP contribution is 2.28. The molecule has 0 saturated carbocycles. The lowest BCUT2D eigenvalue weighted by molar-refractivity contribution is -0.149. The van der Waals surface area contributed by atoms with Crippen molar-refractivity contribution in [1.29, 1.82) is 0 Å². The highest BCUT2D eigenvalue weighted by atomic mass is 32.2. The first-order chi connectivity index (χ1) is 12.7. The molecule has 1 heterocycles. The van der Waals surface area contributed by atoms with Crippen molar-refractivity contribution in [3.63, 3.8) is 0 Å². The summed E-state index contributed by atoms with van der Waals surface area (Å²) in [5.74, 6) is -0.514. The van der Waals surface area contributed by atoms with E-state index in [0.717, 1.165) is 4.31 Å². The van der Waals surface area contributed by atoms with Crippen molar-refractivity contribution in [3.8, 4) is 5.75 Å². The van der Waals surface area contributed by atoms with E-state index in [-0.39, 0.29) is 34.0 Å². The molecule has 2 rings (SSSR count). The Morgan fingerprint density at radius 3 is 2.37 bits per heavy atom. The van der Waals surface area contributed by atoms with Crippen LogP contribution in [0.25, 0.3) is 0 Å². The predicted octanol–water partition coefficient (Wildman–Crippen LogP) is 1.36. The molecule has 1 fully saturated rings. The maximum absolute atomic E-state index is 12.8. The van der Waals surface area contributed by atoms with Crippen LogP contribution >= 0.6 is 0 Å². The number of piperidine rings is 1. The third-order valence-electron chi connectivity index (χ3n) is 4.57. The second-order valence-electron chi connectivity index (χ2n) is 6.47. The molecule has 1 saturated heterocycles. The van der Waals surface area contributed by atoms with Crippen molar-refractivity contribution in [2.24, 2.45) is 5.92 Å². The van der Waals surface area contributed by atoms with Gasteiger partial charge in [0.25, 0.3) is 5.91 Å². The Balaban J connectivity index is 2.20. The average molecular weight is 398 g/mol. The van der Waals surface area contributed by atoms with E-state index in [9.17, 15) is 18.0 Å². The number of rotatable bonds is 6. The number of likely N-dealkylation sites (tertiary alicyclic amines) is 1. The molecule has 1 aliphatic heterocycles. The van der Waals surface area contributed by atoms with Gasteiger partial charge in [-0.05, 0) is 38.0 Å². The van der Waals surface area contributed by atoms with Crippen molar-refractivity contribution in [1.82, 2.24) is 9.21 Å². The zero-order valence-corrected chi connectivity index (χ0v) is 16.9. The van der Waals surface area contributed by atoms with Gasteiger partial charge < -0.3 is 14.4 Å². The standard InChI is InChI=1S/C18H26N2O6S/c1-5-26-18(22)13-8-10-20(11-9-13)17(21)14-6-7-15(25-4)16(12-14)27(23,24)19(2)3/h6-7,12-13H,5,8-11H2,1-4H3. The summed E-state index contributed by atoms with van der Waals surface area (Å²) in [6.07, 6.45) is 1.06. The molecule has 0 atom stereocenters. The monoisotopic (exact) mass is 398 g/mol. The van der Waals surface area contributed by atoms with Crippen LogP contribution in [0.3, 0.4) is 0 Å². The third kappa shape index (κ3) is 4.59. The van der Waals surface area contributed by atoms with Crippen LogP contribution in [0.15, 0.2) is 23.1 Å². The van der Waals surface area contributed by atoms with E-state index in [0.29, 0.717) is 32.5 Å². The highest BCUT2D eigenvalue weighted by molar-refractivity contribution is 7.89. The van der Waals surface area contributed by atoms with Gasteiger partial charge in [-0.2, -0.15) is 0 Å². The Labute approximate surface area is 160 Å². The maximum atomic E-state index is 12.8. The molecule has 0 bridgehead atoms. The van der Waals surface area contributed by atoms with Gasteiger partial charge in [-0.15, -0.1) is 0 Å². The molecule has 1 amide bonds. The number of hydrogen-bond donors (Lipinski definition) is 0. The van der Waals surface area contributed by atoms with E-state index in [4.69, 9.17) is 9.47 Å². The van der Waals surface area contributed by atoms with Crippen LogP contribution < -0.4 is 4.74 Å². The molecule has 1 aromatic carbocycles. The summed E-state index contributed by atoms with van der Waals surface area (Å²) in [6, 6.07) is 4.37. The molecule has 8 nitrogen and oxygen atoms in total. The zero-order chi connectivity index (χ0) is 20.2. The molecular weight excluding hydrogens is 372 g/mol. The molecule has 27 heavy (non-hydrogen) atoms. The van der Waals surface area contributed by atoms with Crippen molar-refractivity contribution in [2.45, 2.75) is 24.7 Å². The smallest absolute Gasteiger partial charge is 0.309 e. The minimum absolute atomic E-state index is 0.0535. The number of esters is 1. The molecule has 0 aliphatic carbocycles. The summed E-state index contributed by atoms with van der Waals surface area (Å²) in [5, 5.41) is 0. The van der Waals surface area contributed by atoms with Gasteiger partial charge in [-0.25, -0.2) is 12.7 Å². The van der Waals surface area contributed by atoms with E-state index in [1.165, 1.54) is 33.3 Å². The molecule has 0 spiro atoms. The highest BCUT2D eigenvalue weighted by Gasteiger charge is 2.30. The number of carbonyl (C=O) groups is 2. The first-order valence-electron chi connectivity index (χ1n) is 8.78. The third-order valence-corrected chi connectivity index (χ3v) is 6.41. The van der Waals surface area contributed by atoms with Crippen LogP contribution in [0, 0.1) is 5.92 Å². The van der Waals surface area contributed by atoms with E-state index in [2.05, 4.69) is 0 Å². The van der Waals surface area contributed by atoms with Crippen molar-refractivity contribution >= 4 is 21.9 Å². The van der Waals surface area contributed by atoms with Gasteiger partial charge in [0, 0.05) is 32.7 Å². The molecular formula is C18H26N2O6S. The van der Waals surface area contributed by atoms with Crippen molar-refractivity contribution in [2.75, 3.05) is 40.9 Å². The number of ether oxygens (including phenoxy) is 2. The van der Waals surface area contributed by atoms with Gasteiger partial charge in [0.2, 0.25) is 10.0 Å². The molecule has 9 heteroatoms. The number of benzene rings is 1. The number of amides is 1. The first kappa shape index (κ1) is 21.2. The van der Waals surface area contributed by atoms with Crippen LogP contribution in [0.2, 0.25) is 0 Å². The lowest BCUT2D eigenvalue weighted by atomic mass is 9.96. The van der Waals surface area contributed by atoms with E-state index in [1.807, 2.05) is 0 Å². The SMILES string of the molecule is CCOC(=O)C1CCN(C(=O)c2ccc(OC)c(S(=O)(=O)N(C)C)c2)CC1. The fourth-order valence-electron chi connectivity index (χ4n) is 2.97. The van der Waals surface area contributed by atoms with Crippen LogP contribution in [-0.4, -0.2) is 70.4 Å². The normalized spacial score (nSPS) is 15.7. The number of sulfonamides is 1. The Morgan fingerprint density at radius 2 is 1.85 bits per heavy atom. The second kappa shape index (κ2) is 8.71. The average Bonchev–Trinajstić information content (AvgIpc) is 2.67. The van der Waals surface area contributed by atoms with Gasteiger partial charge in [-0.1, -0.05) is 0 Å². The summed E-state index contributed by atoms with van der Waals surface area (Å²) in [4.78, 5) is 26.2. The number of carbonyl (C=O) groups excluding carboxylic acids is 2.